The highest BCUT2D eigenvalue weighted by molar-refractivity contribution is 7.13. The minimum Gasteiger partial charge on any atom is -0.352 e. The topological polar surface area (TPSA) is 65.8 Å². The lowest BCUT2D eigenvalue weighted by Crippen LogP contribution is -2.23. The van der Waals surface area contributed by atoms with Crippen LogP contribution >= 0.6 is 11.3 Å². The molecule has 0 saturated heterocycles. The van der Waals surface area contributed by atoms with Gasteiger partial charge in [0.1, 0.15) is 5.01 Å². The van der Waals surface area contributed by atoms with Gasteiger partial charge in [-0.05, 0) is 24.6 Å². The summed E-state index contributed by atoms with van der Waals surface area (Å²) in [5.74, 6) is -0.184. The molecule has 3 rings (SSSR count). The van der Waals surface area contributed by atoms with Crippen LogP contribution in [0.2, 0.25) is 0 Å². The standard InChI is InChI=1S/C22H19N3OS/c1-16-6-8-18(9-7-16)22-25-20(15-27-22)12-13-24-21(26)11-10-17-4-2-3-5-19(17)14-23/h2-11,15H,12-13H2,1H3,(H,24,26)/b11-10+. The van der Waals surface area contributed by atoms with Crippen LogP contribution in [0.4, 0.5) is 0 Å². The minimum absolute atomic E-state index is 0.184. The molecule has 1 amide bonds. The van der Waals surface area contributed by atoms with Gasteiger partial charge in [0.15, 0.2) is 0 Å². The Labute approximate surface area is 162 Å². The van der Waals surface area contributed by atoms with Crippen LogP contribution in [0.5, 0.6) is 0 Å². The number of hydrogen-bond donors (Lipinski definition) is 1. The molecule has 1 aromatic heterocycles. The number of hydrogen-bond acceptors (Lipinski definition) is 4. The zero-order chi connectivity index (χ0) is 19.1. The first kappa shape index (κ1) is 18.6. The van der Waals surface area contributed by atoms with Gasteiger partial charge >= 0.3 is 0 Å². The van der Waals surface area contributed by atoms with Crippen molar-refractivity contribution >= 4 is 23.3 Å². The molecule has 1 N–H and O–H groups in total. The van der Waals surface area contributed by atoms with Crippen molar-refractivity contribution in [2.24, 2.45) is 0 Å². The second-order valence-electron chi connectivity index (χ2n) is 6.08. The van der Waals surface area contributed by atoms with Crippen LogP contribution in [0.25, 0.3) is 16.6 Å². The van der Waals surface area contributed by atoms with Crippen LogP contribution in [0.1, 0.15) is 22.4 Å². The minimum atomic E-state index is -0.184. The number of nitriles is 1. The van der Waals surface area contributed by atoms with Gasteiger partial charge in [-0.15, -0.1) is 11.3 Å². The van der Waals surface area contributed by atoms with Gasteiger partial charge in [-0.25, -0.2) is 4.98 Å². The Morgan fingerprint density at radius 2 is 2.00 bits per heavy atom. The number of aryl methyl sites for hydroxylation is 1. The molecule has 3 aromatic rings. The van der Waals surface area contributed by atoms with E-state index in [9.17, 15) is 4.79 Å². The molecule has 2 aromatic carbocycles. The second-order valence-corrected chi connectivity index (χ2v) is 6.94. The van der Waals surface area contributed by atoms with E-state index in [1.807, 2.05) is 17.5 Å². The maximum Gasteiger partial charge on any atom is 0.244 e. The van der Waals surface area contributed by atoms with E-state index in [0.717, 1.165) is 21.8 Å². The first-order valence-electron chi connectivity index (χ1n) is 8.62. The Kier molecular flexibility index (Phi) is 6.14. The summed E-state index contributed by atoms with van der Waals surface area (Å²) in [6.45, 7) is 2.58. The number of thiazole rings is 1. The predicted octanol–water partition coefficient (Wildman–Crippen LogP) is 4.36. The van der Waals surface area contributed by atoms with Crippen LogP contribution < -0.4 is 5.32 Å². The molecule has 5 heteroatoms. The monoisotopic (exact) mass is 373 g/mol. The molecule has 0 aliphatic carbocycles. The lowest BCUT2D eigenvalue weighted by molar-refractivity contribution is -0.116. The molecular weight excluding hydrogens is 354 g/mol. The zero-order valence-corrected chi connectivity index (χ0v) is 15.8. The van der Waals surface area contributed by atoms with Crippen LogP contribution in [-0.2, 0) is 11.2 Å². The fourth-order valence-electron chi connectivity index (χ4n) is 2.53. The lowest BCUT2D eigenvalue weighted by Gasteiger charge is -2.01. The molecule has 1 heterocycles. The van der Waals surface area contributed by atoms with Crippen LogP contribution in [0, 0.1) is 18.3 Å². The van der Waals surface area contributed by atoms with E-state index in [4.69, 9.17) is 5.26 Å². The van der Waals surface area contributed by atoms with Crippen molar-refractivity contribution in [1.29, 1.82) is 5.26 Å². The average Bonchev–Trinajstić information content (AvgIpc) is 3.16. The Morgan fingerprint density at radius 3 is 2.78 bits per heavy atom. The largest absolute Gasteiger partial charge is 0.352 e. The number of benzene rings is 2. The lowest BCUT2D eigenvalue weighted by atomic mass is 10.1. The SMILES string of the molecule is Cc1ccc(-c2nc(CCNC(=O)/C=C/c3ccccc3C#N)cs2)cc1. The number of carbonyl (C=O) groups excluding carboxylic acids is 1. The smallest absolute Gasteiger partial charge is 0.244 e. The number of aromatic nitrogens is 1. The Morgan fingerprint density at radius 1 is 1.22 bits per heavy atom. The highest BCUT2D eigenvalue weighted by Gasteiger charge is 2.05. The maximum atomic E-state index is 12.0. The third-order valence-electron chi connectivity index (χ3n) is 4.03. The van der Waals surface area contributed by atoms with Crippen molar-refractivity contribution in [3.63, 3.8) is 0 Å². The molecule has 0 aliphatic rings. The molecule has 0 saturated carbocycles. The summed E-state index contributed by atoms with van der Waals surface area (Å²) < 4.78 is 0. The van der Waals surface area contributed by atoms with Gasteiger partial charge in [0.05, 0.1) is 17.3 Å². The van der Waals surface area contributed by atoms with Crippen molar-refractivity contribution in [3.8, 4) is 16.6 Å². The Bertz CT molecular complexity index is 997. The van der Waals surface area contributed by atoms with Gasteiger partial charge < -0.3 is 5.32 Å². The van der Waals surface area contributed by atoms with Crippen LogP contribution in [0.3, 0.4) is 0 Å². The van der Waals surface area contributed by atoms with E-state index in [-0.39, 0.29) is 5.91 Å². The molecule has 0 bridgehead atoms. The van der Waals surface area contributed by atoms with E-state index in [0.29, 0.717) is 18.5 Å². The summed E-state index contributed by atoms with van der Waals surface area (Å²) in [5.41, 5.74) is 4.59. The molecule has 0 aliphatic heterocycles. The van der Waals surface area contributed by atoms with Gasteiger partial charge in [-0.1, -0.05) is 48.0 Å². The van der Waals surface area contributed by atoms with Gasteiger partial charge in [0, 0.05) is 30.0 Å². The van der Waals surface area contributed by atoms with Crippen LogP contribution in [-0.4, -0.2) is 17.4 Å². The summed E-state index contributed by atoms with van der Waals surface area (Å²) in [6.07, 6.45) is 3.79. The first-order chi connectivity index (χ1) is 13.2. The third kappa shape index (κ3) is 5.13. The molecule has 0 fully saturated rings. The highest BCUT2D eigenvalue weighted by atomic mass is 32.1. The van der Waals surface area contributed by atoms with Gasteiger partial charge in [0.25, 0.3) is 0 Å². The number of rotatable bonds is 6. The molecule has 134 valence electrons. The van der Waals surface area contributed by atoms with Gasteiger partial charge in [0.2, 0.25) is 5.91 Å². The summed E-state index contributed by atoms with van der Waals surface area (Å²) in [5, 5.41) is 14.9. The maximum absolute atomic E-state index is 12.0. The highest BCUT2D eigenvalue weighted by Crippen LogP contribution is 2.24. The van der Waals surface area contributed by atoms with E-state index in [1.165, 1.54) is 11.6 Å². The van der Waals surface area contributed by atoms with Crippen molar-refractivity contribution in [1.82, 2.24) is 10.3 Å². The summed E-state index contributed by atoms with van der Waals surface area (Å²) in [4.78, 5) is 16.6. The number of carbonyl (C=O) groups is 1. The molecule has 4 nitrogen and oxygen atoms in total. The predicted molar refractivity (Wildman–Crippen MR) is 109 cm³/mol. The molecule has 0 unspecified atom stereocenters. The third-order valence-corrected chi connectivity index (χ3v) is 4.97. The fraction of sp³-hybridized carbons (Fsp3) is 0.136. The first-order valence-corrected chi connectivity index (χ1v) is 9.50. The van der Waals surface area contributed by atoms with Crippen molar-refractivity contribution in [2.75, 3.05) is 6.54 Å². The number of nitrogens with one attached hydrogen (secondary N) is 1. The van der Waals surface area contributed by atoms with Gasteiger partial charge in [-0.3, -0.25) is 4.79 Å². The number of nitrogens with zero attached hydrogens (tertiary/aromatic N) is 2. The second kappa shape index (κ2) is 8.93. The summed E-state index contributed by atoms with van der Waals surface area (Å²) in [6, 6.07) is 17.6. The summed E-state index contributed by atoms with van der Waals surface area (Å²) >= 11 is 1.61. The quantitative estimate of drug-likeness (QED) is 0.653. The zero-order valence-electron chi connectivity index (χ0n) is 15.0. The van der Waals surface area contributed by atoms with Gasteiger partial charge in [-0.2, -0.15) is 5.26 Å². The molecule has 27 heavy (non-hydrogen) atoms. The van der Waals surface area contributed by atoms with E-state index >= 15 is 0 Å². The Balaban J connectivity index is 1.51. The van der Waals surface area contributed by atoms with E-state index < -0.39 is 0 Å². The average molecular weight is 373 g/mol. The Hall–Kier alpha value is -3.23. The van der Waals surface area contributed by atoms with Crippen molar-refractivity contribution in [2.45, 2.75) is 13.3 Å². The molecule has 0 radical (unpaired) electrons. The molecular formula is C22H19N3OS. The summed E-state index contributed by atoms with van der Waals surface area (Å²) in [7, 11) is 0. The normalized spacial score (nSPS) is 10.7. The van der Waals surface area contributed by atoms with E-state index in [2.05, 4.69) is 47.6 Å². The van der Waals surface area contributed by atoms with Crippen molar-refractivity contribution in [3.05, 3.63) is 82.4 Å². The van der Waals surface area contributed by atoms with Crippen molar-refractivity contribution < 1.29 is 4.79 Å². The number of amides is 1. The molecule has 0 atom stereocenters. The van der Waals surface area contributed by atoms with Crippen LogP contribution in [0.15, 0.2) is 60.0 Å². The molecule has 0 spiro atoms. The van der Waals surface area contributed by atoms with E-state index in [1.54, 1.807) is 29.5 Å². The fourth-order valence-corrected chi connectivity index (χ4v) is 3.39.